The third-order valence-corrected chi connectivity index (χ3v) is 7.31. The van der Waals surface area contributed by atoms with Crippen LogP contribution in [0.4, 0.5) is 10.5 Å². The molecule has 0 radical (unpaired) electrons. The topological polar surface area (TPSA) is 119 Å². The predicted molar refractivity (Wildman–Crippen MR) is 144 cm³/mol. The van der Waals surface area contributed by atoms with Crippen molar-refractivity contribution in [3.05, 3.63) is 87.9 Å². The fourth-order valence-corrected chi connectivity index (χ4v) is 5.05. The first-order chi connectivity index (χ1) is 18.1. The first kappa shape index (κ1) is 27.1. The molecule has 4 rings (SSSR count). The number of aryl methyl sites for hydroxylation is 1. The number of benzene rings is 3. The number of nitrogens with zero attached hydrogens (tertiary/aromatic N) is 1. The Kier molecular flexibility index (Phi) is 7.98. The van der Waals surface area contributed by atoms with E-state index in [0.29, 0.717) is 17.9 Å². The summed E-state index contributed by atoms with van der Waals surface area (Å²) in [7, 11) is -4.08. The van der Waals surface area contributed by atoms with Gasteiger partial charge in [-0.05, 0) is 89.4 Å². The highest BCUT2D eigenvalue weighted by Crippen LogP contribution is 2.31. The molecule has 3 aromatic rings. The van der Waals surface area contributed by atoms with Gasteiger partial charge in [0.05, 0.1) is 16.8 Å². The molecule has 38 heavy (non-hydrogen) atoms. The van der Waals surface area contributed by atoms with Gasteiger partial charge in [-0.15, -0.1) is 0 Å². The fourth-order valence-electron chi connectivity index (χ4n) is 3.52. The van der Waals surface area contributed by atoms with Gasteiger partial charge in [0.2, 0.25) is 0 Å². The zero-order valence-electron chi connectivity index (χ0n) is 20.4. The Balaban J connectivity index is 1.57. The summed E-state index contributed by atoms with van der Waals surface area (Å²) in [5.74, 6) is -1.05. The summed E-state index contributed by atoms with van der Waals surface area (Å²) >= 11 is 3.28. The van der Waals surface area contributed by atoms with Crippen molar-refractivity contribution in [3.63, 3.8) is 0 Å². The van der Waals surface area contributed by atoms with Crippen LogP contribution >= 0.6 is 15.9 Å². The number of ether oxygens (including phenoxy) is 1. The largest absolute Gasteiger partial charge is 0.494 e. The third kappa shape index (κ3) is 5.95. The van der Waals surface area contributed by atoms with E-state index in [1.165, 1.54) is 36.4 Å². The second-order valence-electron chi connectivity index (χ2n) is 8.34. The molecule has 4 amide bonds. The van der Waals surface area contributed by atoms with Crippen LogP contribution in [0.25, 0.3) is 6.08 Å². The van der Waals surface area contributed by atoms with Gasteiger partial charge < -0.3 is 8.92 Å². The number of carbonyl (C=O) groups is 3. The second kappa shape index (κ2) is 11.2. The highest BCUT2D eigenvalue weighted by atomic mass is 79.9. The molecule has 3 aromatic carbocycles. The molecule has 1 saturated heterocycles. The van der Waals surface area contributed by atoms with Crippen LogP contribution in [-0.4, -0.2) is 32.9 Å². The lowest BCUT2D eigenvalue weighted by atomic mass is 10.1. The van der Waals surface area contributed by atoms with Gasteiger partial charge in [-0.3, -0.25) is 14.9 Å². The molecule has 1 N–H and O–H groups in total. The molecule has 0 bridgehead atoms. The van der Waals surface area contributed by atoms with Gasteiger partial charge in [-0.2, -0.15) is 8.42 Å². The standard InChI is InChI=1S/C27H23BrN2O7S/c1-3-14-36-20-9-7-19(8-10-20)30-26(32)22(25(31)29-27(30)33)15-18-6-13-24(23(28)16-18)37-38(34,35)21-11-4-17(2)5-12-21/h4-13,15-16H,3,14H2,1-2H3,(H,29,31,33)/b22-15-. The van der Waals surface area contributed by atoms with E-state index in [1.54, 1.807) is 36.4 Å². The van der Waals surface area contributed by atoms with Gasteiger partial charge in [-0.25, -0.2) is 9.69 Å². The number of amides is 4. The van der Waals surface area contributed by atoms with Gasteiger partial charge in [0, 0.05) is 0 Å². The average Bonchev–Trinajstić information content (AvgIpc) is 2.87. The van der Waals surface area contributed by atoms with E-state index in [1.807, 2.05) is 13.8 Å². The fraction of sp³-hybridized carbons (Fsp3) is 0.148. The zero-order valence-corrected chi connectivity index (χ0v) is 22.8. The summed E-state index contributed by atoms with van der Waals surface area (Å²) in [5.41, 5.74) is 1.29. The van der Waals surface area contributed by atoms with E-state index in [0.717, 1.165) is 16.9 Å². The van der Waals surface area contributed by atoms with Crippen molar-refractivity contribution in [3.8, 4) is 11.5 Å². The normalized spacial score (nSPS) is 15.0. The molecule has 1 aliphatic rings. The van der Waals surface area contributed by atoms with Crippen LogP contribution in [-0.2, 0) is 19.7 Å². The van der Waals surface area contributed by atoms with E-state index < -0.39 is 28.0 Å². The van der Waals surface area contributed by atoms with E-state index in [2.05, 4.69) is 21.2 Å². The maximum absolute atomic E-state index is 13.2. The average molecular weight is 599 g/mol. The number of hydrogen-bond donors (Lipinski definition) is 1. The minimum atomic E-state index is -4.08. The molecule has 1 heterocycles. The molecule has 0 aromatic heterocycles. The second-order valence-corrected chi connectivity index (χ2v) is 10.7. The predicted octanol–water partition coefficient (Wildman–Crippen LogP) is 4.98. The summed E-state index contributed by atoms with van der Waals surface area (Å²) in [5, 5.41) is 2.17. The maximum Gasteiger partial charge on any atom is 0.339 e. The van der Waals surface area contributed by atoms with Crippen molar-refractivity contribution < 1.29 is 31.7 Å². The SMILES string of the molecule is CCCOc1ccc(N2C(=O)NC(=O)/C(=C/c3ccc(OS(=O)(=O)c4ccc(C)cc4)c(Br)c3)C2=O)cc1. The van der Waals surface area contributed by atoms with Gasteiger partial charge in [0.15, 0.2) is 5.75 Å². The Morgan fingerprint density at radius 2 is 1.66 bits per heavy atom. The van der Waals surface area contributed by atoms with Crippen molar-refractivity contribution in [2.24, 2.45) is 0 Å². The van der Waals surface area contributed by atoms with E-state index in [9.17, 15) is 22.8 Å². The third-order valence-electron chi connectivity index (χ3n) is 5.45. The number of imide groups is 2. The summed E-state index contributed by atoms with van der Waals surface area (Å²) in [6.45, 7) is 4.34. The van der Waals surface area contributed by atoms with E-state index in [-0.39, 0.29) is 26.4 Å². The minimum absolute atomic E-state index is 0.000357. The number of anilines is 1. The molecule has 1 aliphatic heterocycles. The lowest BCUT2D eigenvalue weighted by Crippen LogP contribution is -2.54. The quantitative estimate of drug-likeness (QED) is 0.220. The smallest absolute Gasteiger partial charge is 0.339 e. The Bertz CT molecular complexity index is 1530. The van der Waals surface area contributed by atoms with Crippen LogP contribution in [0.3, 0.4) is 0 Å². The van der Waals surface area contributed by atoms with Crippen LogP contribution in [0.2, 0.25) is 0 Å². The number of urea groups is 1. The molecule has 9 nitrogen and oxygen atoms in total. The number of halogens is 1. The first-order valence-corrected chi connectivity index (χ1v) is 13.7. The van der Waals surface area contributed by atoms with Crippen molar-refractivity contribution >= 4 is 55.7 Å². The van der Waals surface area contributed by atoms with E-state index in [4.69, 9.17) is 8.92 Å². The van der Waals surface area contributed by atoms with Crippen LogP contribution in [0.5, 0.6) is 11.5 Å². The summed E-state index contributed by atoms with van der Waals surface area (Å²) in [4.78, 5) is 39.0. The van der Waals surface area contributed by atoms with Crippen molar-refractivity contribution in [1.82, 2.24) is 5.32 Å². The van der Waals surface area contributed by atoms with Crippen LogP contribution in [0.15, 0.2) is 81.7 Å². The summed E-state index contributed by atoms with van der Waals surface area (Å²) in [6, 6.07) is 16.1. The Labute approximate surface area is 228 Å². The van der Waals surface area contributed by atoms with Gasteiger partial charge in [-0.1, -0.05) is 30.7 Å². The van der Waals surface area contributed by atoms with Crippen molar-refractivity contribution in [2.75, 3.05) is 11.5 Å². The maximum atomic E-state index is 13.2. The minimum Gasteiger partial charge on any atom is -0.494 e. The van der Waals surface area contributed by atoms with Crippen LogP contribution in [0.1, 0.15) is 24.5 Å². The summed E-state index contributed by atoms with van der Waals surface area (Å²) in [6.07, 6.45) is 2.13. The molecule has 0 unspecified atom stereocenters. The molecule has 0 saturated carbocycles. The molecular weight excluding hydrogens is 576 g/mol. The van der Waals surface area contributed by atoms with Gasteiger partial charge >= 0.3 is 16.1 Å². The number of barbiturate groups is 1. The van der Waals surface area contributed by atoms with Crippen molar-refractivity contribution in [2.45, 2.75) is 25.2 Å². The Morgan fingerprint density at radius 1 is 0.974 bits per heavy atom. The van der Waals surface area contributed by atoms with Crippen molar-refractivity contribution in [1.29, 1.82) is 0 Å². The lowest BCUT2D eigenvalue weighted by molar-refractivity contribution is -0.122. The lowest BCUT2D eigenvalue weighted by Gasteiger charge is -2.26. The molecule has 1 fully saturated rings. The highest BCUT2D eigenvalue weighted by molar-refractivity contribution is 9.10. The monoisotopic (exact) mass is 598 g/mol. The van der Waals surface area contributed by atoms with Crippen LogP contribution in [0, 0.1) is 6.92 Å². The Hall–Kier alpha value is -3.96. The molecule has 0 aliphatic carbocycles. The van der Waals surface area contributed by atoms with Crippen LogP contribution < -0.4 is 19.1 Å². The molecule has 0 spiro atoms. The highest BCUT2D eigenvalue weighted by Gasteiger charge is 2.36. The number of rotatable bonds is 8. The van der Waals surface area contributed by atoms with Gasteiger partial charge in [0.1, 0.15) is 16.2 Å². The molecule has 0 atom stereocenters. The first-order valence-electron chi connectivity index (χ1n) is 11.5. The molecular formula is C27H23BrN2O7S. The number of hydrogen-bond acceptors (Lipinski definition) is 7. The molecule has 196 valence electrons. The van der Waals surface area contributed by atoms with Gasteiger partial charge in [0.25, 0.3) is 11.8 Å². The Morgan fingerprint density at radius 3 is 2.29 bits per heavy atom. The number of carbonyl (C=O) groups excluding carboxylic acids is 3. The summed E-state index contributed by atoms with van der Waals surface area (Å²) < 4.78 is 36.3. The van der Waals surface area contributed by atoms with E-state index >= 15 is 0 Å². The number of nitrogens with one attached hydrogen (secondary N) is 1. The zero-order chi connectivity index (χ0) is 27.4. The molecule has 11 heteroatoms.